The first-order valence-corrected chi connectivity index (χ1v) is 7.65. The fourth-order valence-electron chi connectivity index (χ4n) is 2.50. The lowest BCUT2D eigenvalue weighted by molar-refractivity contribution is -0.115. The van der Waals surface area contributed by atoms with E-state index in [1.54, 1.807) is 16.4 Å². The summed E-state index contributed by atoms with van der Waals surface area (Å²) in [6.45, 7) is 1.82. The molecule has 1 atom stereocenters. The summed E-state index contributed by atoms with van der Waals surface area (Å²) in [6, 6.07) is 7.67. The van der Waals surface area contributed by atoms with Gasteiger partial charge in [0.25, 0.3) is 0 Å². The summed E-state index contributed by atoms with van der Waals surface area (Å²) < 4.78 is 1.68. The highest BCUT2D eigenvalue weighted by Crippen LogP contribution is 2.34. The maximum atomic E-state index is 11.9. The number of benzene rings is 1. The molecule has 0 bridgehead atoms. The number of fused-ring (bicyclic) bond motifs is 1. The Hall–Kier alpha value is -2.28. The van der Waals surface area contributed by atoms with Crippen molar-refractivity contribution in [3.63, 3.8) is 0 Å². The molecule has 108 valence electrons. The molecule has 0 radical (unpaired) electrons. The lowest BCUT2D eigenvalue weighted by Gasteiger charge is -2.27. The second kappa shape index (κ2) is 5.25. The number of aromatic nitrogens is 3. The predicted molar refractivity (Wildman–Crippen MR) is 81.9 cm³/mol. The summed E-state index contributed by atoms with van der Waals surface area (Å²) in [7, 11) is 0. The number of anilines is 1. The van der Waals surface area contributed by atoms with Gasteiger partial charge < -0.3 is 11.1 Å². The van der Waals surface area contributed by atoms with E-state index in [1.165, 1.54) is 6.33 Å². The first-order chi connectivity index (χ1) is 10.1. The molecule has 3 rings (SSSR count). The van der Waals surface area contributed by atoms with Crippen LogP contribution in [-0.4, -0.2) is 26.9 Å². The van der Waals surface area contributed by atoms with Gasteiger partial charge in [0.1, 0.15) is 12.4 Å². The minimum Gasteiger partial charge on any atom is -0.366 e. The third-order valence-corrected chi connectivity index (χ3v) is 4.23. The molecule has 1 aliphatic heterocycles. The number of nitrogens with two attached hydrogens (primary N) is 1. The molecule has 1 aromatic heterocycles. The predicted octanol–water partition coefficient (Wildman–Crippen LogP) is 1.77. The van der Waals surface area contributed by atoms with E-state index >= 15 is 0 Å². The van der Waals surface area contributed by atoms with Crippen molar-refractivity contribution in [2.75, 3.05) is 11.6 Å². The first-order valence-electron chi connectivity index (χ1n) is 6.43. The second-order valence-electron chi connectivity index (χ2n) is 4.73. The molecule has 7 heteroatoms. The molecule has 0 aliphatic carbocycles. The molecule has 1 aromatic carbocycles. The first kappa shape index (κ1) is 13.7. The lowest BCUT2D eigenvalue weighted by Crippen LogP contribution is -2.31. The number of nitrogens with one attached hydrogen (secondary N) is 1. The zero-order valence-corrected chi connectivity index (χ0v) is 12.5. The Morgan fingerprint density at radius 3 is 2.71 bits per heavy atom. The smallest absolute Gasteiger partial charge is 0.248 e. The third kappa shape index (κ3) is 2.29. The maximum Gasteiger partial charge on any atom is 0.248 e. The third-order valence-electron chi connectivity index (χ3n) is 3.49. The Morgan fingerprint density at radius 2 is 2.10 bits per heavy atom. The Morgan fingerprint density at radius 1 is 1.38 bits per heavy atom. The van der Waals surface area contributed by atoms with Crippen LogP contribution in [0.1, 0.15) is 18.5 Å². The van der Waals surface area contributed by atoms with E-state index < -0.39 is 5.91 Å². The van der Waals surface area contributed by atoms with Crippen molar-refractivity contribution in [2.45, 2.75) is 17.9 Å². The molecule has 1 aliphatic rings. The van der Waals surface area contributed by atoms with E-state index in [1.807, 2.05) is 37.4 Å². The van der Waals surface area contributed by atoms with Gasteiger partial charge in [0, 0.05) is 10.6 Å². The summed E-state index contributed by atoms with van der Waals surface area (Å²) in [5, 5.41) is 7.28. The molecular weight excluding hydrogens is 286 g/mol. The molecular formula is C14H15N5OS. The number of carbonyl (C=O) groups is 1. The van der Waals surface area contributed by atoms with Gasteiger partial charge in [-0.2, -0.15) is 10.1 Å². The van der Waals surface area contributed by atoms with Gasteiger partial charge in [-0.3, -0.25) is 4.79 Å². The number of hydrogen-bond acceptors (Lipinski definition) is 5. The average Bonchev–Trinajstić information content (AvgIpc) is 2.93. The summed E-state index contributed by atoms with van der Waals surface area (Å²) in [6.07, 6.45) is 3.48. The molecule has 0 fully saturated rings. The van der Waals surface area contributed by atoms with E-state index in [0.717, 1.165) is 10.5 Å². The molecule has 1 amide bonds. The van der Waals surface area contributed by atoms with Crippen LogP contribution in [0.2, 0.25) is 0 Å². The van der Waals surface area contributed by atoms with Crippen LogP contribution in [-0.2, 0) is 4.79 Å². The number of hydrogen-bond donors (Lipinski definition) is 2. The van der Waals surface area contributed by atoms with Crippen LogP contribution in [0.4, 0.5) is 5.95 Å². The van der Waals surface area contributed by atoms with E-state index in [2.05, 4.69) is 15.4 Å². The van der Waals surface area contributed by atoms with Gasteiger partial charge in [-0.25, -0.2) is 4.68 Å². The highest BCUT2D eigenvalue weighted by molar-refractivity contribution is 7.98. The van der Waals surface area contributed by atoms with Gasteiger partial charge in [-0.05, 0) is 30.9 Å². The van der Waals surface area contributed by atoms with Crippen LogP contribution in [0.5, 0.6) is 0 Å². The SMILES string of the molecule is CSc1ccc(C2C(C(N)=O)=C(C)Nc3ncnn32)cc1. The summed E-state index contributed by atoms with van der Waals surface area (Å²) in [5.74, 6) is 0.150. The zero-order valence-electron chi connectivity index (χ0n) is 11.7. The van der Waals surface area contributed by atoms with Crippen molar-refractivity contribution in [3.05, 3.63) is 47.4 Å². The van der Waals surface area contributed by atoms with Gasteiger partial charge in [-0.15, -0.1) is 11.8 Å². The van der Waals surface area contributed by atoms with Gasteiger partial charge in [0.2, 0.25) is 11.9 Å². The number of rotatable bonds is 3. The zero-order chi connectivity index (χ0) is 15.0. The van der Waals surface area contributed by atoms with Crippen molar-refractivity contribution < 1.29 is 4.79 Å². The highest BCUT2D eigenvalue weighted by Gasteiger charge is 2.31. The molecule has 6 nitrogen and oxygen atoms in total. The largest absolute Gasteiger partial charge is 0.366 e. The monoisotopic (exact) mass is 301 g/mol. The highest BCUT2D eigenvalue weighted by atomic mass is 32.2. The van der Waals surface area contributed by atoms with Gasteiger partial charge in [0.05, 0.1) is 5.57 Å². The van der Waals surface area contributed by atoms with Gasteiger partial charge in [-0.1, -0.05) is 12.1 Å². The van der Waals surface area contributed by atoms with E-state index in [0.29, 0.717) is 17.2 Å². The summed E-state index contributed by atoms with van der Waals surface area (Å²) in [5.41, 5.74) is 7.73. The summed E-state index contributed by atoms with van der Waals surface area (Å²) in [4.78, 5) is 17.2. The van der Waals surface area contributed by atoms with Gasteiger partial charge >= 0.3 is 0 Å². The Labute approximate surface area is 126 Å². The van der Waals surface area contributed by atoms with Crippen molar-refractivity contribution in [1.82, 2.24) is 14.8 Å². The molecule has 0 saturated carbocycles. The van der Waals surface area contributed by atoms with Crippen LogP contribution in [0, 0.1) is 0 Å². The molecule has 1 unspecified atom stereocenters. The molecule has 0 spiro atoms. The minimum absolute atomic E-state index is 0.350. The Bertz CT molecular complexity index is 719. The van der Waals surface area contributed by atoms with Crippen molar-refractivity contribution in [1.29, 1.82) is 0 Å². The molecule has 3 N–H and O–H groups in total. The van der Waals surface area contributed by atoms with E-state index in [4.69, 9.17) is 5.73 Å². The van der Waals surface area contributed by atoms with Crippen LogP contribution in [0.3, 0.4) is 0 Å². The van der Waals surface area contributed by atoms with Crippen molar-refractivity contribution in [2.24, 2.45) is 5.73 Å². The Balaban J connectivity index is 2.14. The van der Waals surface area contributed by atoms with Crippen LogP contribution >= 0.6 is 11.8 Å². The number of amides is 1. The fourth-order valence-corrected chi connectivity index (χ4v) is 2.91. The van der Waals surface area contributed by atoms with E-state index in [-0.39, 0.29) is 6.04 Å². The maximum absolute atomic E-state index is 11.9. The average molecular weight is 301 g/mol. The quantitative estimate of drug-likeness (QED) is 0.844. The van der Waals surface area contributed by atoms with Crippen molar-refractivity contribution >= 4 is 23.6 Å². The standard InChI is InChI=1S/C14H15N5OS/c1-8-11(13(15)20)12(19-14(18-8)16-7-17-19)9-3-5-10(21-2)6-4-9/h3-7,12H,1-2H3,(H2,15,20)(H,16,17,18). The van der Waals surface area contributed by atoms with Gasteiger partial charge in [0.15, 0.2) is 0 Å². The number of thioether (sulfide) groups is 1. The minimum atomic E-state index is -0.458. The number of allylic oxidation sites excluding steroid dienone is 1. The lowest BCUT2D eigenvalue weighted by atomic mass is 9.95. The van der Waals surface area contributed by atoms with Crippen LogP contribution in [0.25, 0.3) is 0 Å². The van der Waals surface area contributed by atoms with Crippen LogP contribution in [0.15, 0.2) is 46.8 Å². The summed E-state index contributed by atoms with van der Waals surface area (Å²) >= 11 is 1.67. The second-order valence-corrected chi connectivity index (χ2v) is 5.61. The van der Waals surface area contributed by atoms with Crippen LogP contribution < -0.4 is 11.1 Å². The Kier molecular flexibility index (Phi) is 3.42. The van der Waals surface area contributed by atoms with E-state index in [9.17, 15) is 4.79 Å². The number of carbonyl (C=O) groups excluding carboxylic acids is 1. The molecule has 2 aromatic rings. The molecule has 0 saturated heterocycles. The molecule has 21 heavy (non-hydrogen) atoms. The fraction of sp³-hybridized carbons (Fsp3) is 0.214. The van der Waals surface area contributed by atoms with Crippen molar-refractivity contribution in [3.8, 4) is 0 Å². The number of nitrogens with zero attached hydrogens (tertiary/aromatic N) is 3. The normalized spacial score (nSPS) is 17.3. The number of primary amides is 1. The topological polar surface area (TPSA) is 85.8 Å². The molecule has 2 heterocycles.